The highest BCUT2D eigenvalue weighted by molar-refractivity contribution is 6.16. The third kappa shape index (κ3) is 10.1. The molecule has 3 saturated heterocycles. The van der Waals surface area contributed by atoms with Crippen molar-refractivity contribution in [2.45, 2.75) is 76.9 Å². The van der Waals surface area contributed by atoms with Gasteiger partial charge in [-0.1, -0.05) is 31.5 Å². The van der Waals surface area contributed by atoms with Crippen LogP contribution >= 0.6 is 0 Å². The van der Waals surface area contributed by atoms with Crippen LogP contribution in [0.5, 0.6) is 11.5 Å². The Morgan fingerprint density at radius 2 is 1.69 bits per heavy atom. The van der Waals surface area contributed by atoms with Crippen LogP contribution in [0.4, 0.5) is 17.3 Å². The van der Waals surface area contributed by atoms with Gasteiger partial charge in [0, 0.05) is 75.1 Å². The monoisotopic (exact) mass is 840 g/mol. The van der Waals surface area contributed by atoms with E-state index in [9.17, 15) is 14.4 Å². The molecule has 62 heavy (non-hydrogen) atoms. The van der Waals surface area contributed by atoms with Crippen LogP contribution in [0.1, 0.15) is 85.3 Å². The molecule has 0 bridgehead atoms. The molecule has 2 atom stereocenters. The number of ether oxygens (including phenoxy) is 1. The Bertz CT molecular complexity index is 2220. The molecule has 4 aliphatic rings. The number of likely N-dealkylation sites (tertiary alicyclic amines) is 1. The van der Waals surface area contributed by atoms with Crippen molar-refractivity contribution in [3.05, 3.63) is 101 Å². The number of nitrogens with one attached hydrogen (secondary N) is 3. The Morgan fingerprint density at radius 1 is 0.952 bits per heavy atom. The van der Waals surface area contributed by atoms with E-state index in [1.54, 1.807) is 4.90 Å². The molecule has 0 saturated carbocycles. The first kappa shape index (κ1) is 42.8. The number of amides is 3. The number of para-hydroxylation sites is 1. The smallest absolute Gasteiger partial charge is 0.255 e. The number of benzene rings is 3. The molecule has 0 spiro atoms. The molecule has 326 valence electrons. The lowest BCUT2D eigenvalue weighted by Crippen LogP contribution is -2.52. The lowest BCUT2D eigenvalue weighted by Gasteiger charge is -2.36. The summed E-state index contributed by atoms with van der Waals surface area (Å²) in [5, 5.41) is 15.1. The maximum Gasteiger partial charge on any atom is 0.255 e. The number of piperidine rings is 3. The molecule has 4 aliphatic heterocycles. The largest absolute Gasteiger partial charge is 0.457 e. The summed E-state index contributed by atoms with van der Waals surface area (Å²) in [6.07, 6.45) is 8.67. The molecular weight excluding hydrogens is 781 g/mol. The summed E-state index contributed by atoms with van der Waals surface area (Å²) in [6, 6.07) is 22.8. The van der Waals surface area contributed by atoms with Crippen molar-refractivity contribution in [2.24, 2.45) is 11.8 Å². The van der Waals surface area contributed by atoms with Gasteiger partial charge < -0.3 is 35.4 Å². The van der Waals surface area contributed by atoms with Crippen LogP contribution in [-0.4, -0.2) is 113 Å². The summed E-state index contributed by atoms with van der Waals surface area (Å²) in [4.78, 5) is 55.3. The molecule has 4 aromatic rings. The number of nitrogens with two attached hydrogens (primary N) is 1. The SMILES string of the molecule is CCC(CCN(C)CC1CCN(c2ccc3c(c2)CN(C2CCC(=O)NC2=O)C3=O)CC1)CN1CCC(Nc2ncnc(N)c2C(=N)c2ccc(Oc3ccccc3)cc2)CC1. The number of anilines is 3. The van der Waals surface area contributed by atoms with Crippen molar-refractivity contribution < 1.29 is 19.1 Å². The van der Waals surface area contributed by atoms with E-state index in [1.165, 1.54) is 12.7 Å². The van der Waals surface area contributed by atoms with Gasteiger partial charge in [-0.3, -0.25) is 25.1 Å². The van der Waals surface area contributed by atoms with Crippen LogP contribution in [0.2, 0.25) is 0 Å². The van der Waals surface area contributed by atoms with Gasteiger partial charge in [-0.15, -0.1) is 0 Å². The fourth-order valence-corrected chi connectivity index (χ4v) is 9.52. The van der Waals surface area contributed by atoms with Gasteiger partial charge in [-0.2, -0.15) is 0 Å². The van der Waals surface area contributed by atoms with E-state index < -0.39 is 6.04 Å². The van der Waals surface area contributed by atoms with E-state index in [1.807, 2.05) is 66.7 Å². The minimum absolute atomic E-state index is 0.126. The number of carbonyl (C=O) groups excluding carboxylic acids is 3. The van der Waals surface area contributed by atoms with Gasteiger partial charge in [0.2, 0.25) is 11.8 Å². The maximum atomic E-state index is 13.2. The molecule has 5 heterocycles. The number of nitrogen functional groups attached to an aromatic ring is 1. The highest BCUT2D eigenvalue weighted by atomic mass is 16.5. The van der Waals surface area contributed by atoms with Crippen molar-refractivity contribution in [1.82, 2.24) is 30.0 Å². The molecule has 2 unspecified atom stereocenters. The number of hydrogen-bond acceptors (Lipinski definition) is 12. The lowest BCUT2D eigenvalue weighted by atomic mass is 9.94. The van der Waals surface area contributed by atoms with Crippen LogP contribution in [0.25, 0.3) is 0 Å². The van der Waals surface area contributed by atoms with Gasteiger partial charge in [0.1, 0.15) is 35.5 Å². The van der Waals surface area contributed by atoms with E-state index in [2.05, 4.69) is 55.3 Å². The van der Waals surface area contributed by atoms with Gasteiger partial charge in [-0.05, 0) is 124 Å². The molecule has 5 N–H and O–H groups in total. The van der Waals surface area contributed by atoms with Gasteiger partial charge in [0.15, 0.2) is 0 Å². The summed E-state index contributed by atoms with van der Waals surface area (Å²) in [6.45, 7) is 10.0. The number of aromatic nitrogens is 2. The van der Waals surface area contributed by atoms with Crippen molar-refractivity contribution in [1.29, 1.82) is 5.41 Å². The topological polar surface area (TPSA) is 173 Å². The first-order valence-corrected chi connectivity index (χ1v) is 22.3. The second kappa shape index (κ2) is 19.5. The number of carbonyl (C=O) groups is 3. The molecule has 8 rings (SSSR count). The summed E-state index contributed by atoms with van der Waals surface area (Å²) in [5.74, 6) is 2.85. The fourth-order valence-electron chi connectivity index (χ4n) is 9.52. The van der Waals surface area contributed by atoms with E-state index >= 15 is 0 Å². The molecule has 14 nitrogen and oxygen atoms in total. The average Bonchev–Trinajstić information content (AvgIpc) is 3.61. The zero-order valence-electron chi connectivity index (χ0n) is 36.0. The Kier molecular flexibility index (Phi) is 13.4. The normalized spacial score (nSPS) is 19.4. The van der Waals surface area contributed by atoms with Crippen LogP contribution in [0.15, 0.2) is 79.1 Å². The van der Waals surface area contributed by atoms with Crippen molar-refractivity contribution in [2.75, 3.05) is 68.8 Å². The first-order valence-electron chi connectivity index (χ1n) is 22.3. The summed E-state index contributed by atoms with van der Waals surface area (Å²) in [7, 11) is 2.27. The summed E-state index contributed by atoms with van der Waals surface area (Å²) >= 11 is 0. The second-order valence-electron chi connectivity index (χ2n) is 17.5. The zero-order valence-corrected chi connectivity index (χ0v) is 36.0. The minimum atomic E-state index is -0.592. The van der Waals surface area contributed by atoms with E-state index in [0.717, 1.165) is 94.9 Å². The van der Waals surface area contributed by atoms with E-state index in [0.29, 0.717) is 53.1 Å². The number of fused-ring (bicyclic) bond motifs is 1. The maximum absolute atomic E-state index is 13.2. The number of rotatable bonds is 16. The molecule has 3 fully saturated rings. The van der Waals surface area contributed by atoms with Crippen LogP contribution in [0.3, 0.4) is 0 Å². The predicted molar refractivity (Wildman–Crippen MR) is 242 cm³/mol. The van der Waals surface area contributed by atoms with Gasteiger partial charge in [0.25, 0.3) is 5.91 Å². The molecular formula is C48H60N10O4. The zero-order chi connectivity index (χ0) is 43.2. The van der Waals surface area contributed by atoms with Gasteiger partial charge in [0.05, 0.1) is 11.3 Å². The number of hydrogen-bond donors (Lipinski definition) is 4. The summed E-state index contributed by atoms with van der Waals surface area (Å²) < 4.78 is 5.94. The quantitative estimate of drug-likeness (QED) is 0.0751. The molecule has 1 aromatic heterocycles. The van der Waals surface area contributed by atoms with Gasteiger partial charge in [-0.25, -0.2) is 9.97 Å². The highest BCUT2D eigenvalue weighted by Gasteiger charge is 2.39. The number of imide groups is 1. The van der Waals surface area contributed by atoms with Crippen molar-refractivity contribution in [3.8, 4) is 11.5 Å². The summed E-state index contributed by atoms with van der Waals surface area (Å²) in [5.41, 5.74) is 10.6. The van der Waals surface area contributed by atoms with Crippen LogP contribution < -0.4 is 26.0 Å². The standard InChI is InChI=1S/C48H60N10O4/c1-3-32(17-22-55(2)28-33-18-25-57(26-19-33)37-11-14-40-35(27-37)30-58(48(40)61)41-15-16-42(59)54-47(41)60)29-56-23-20-36(21-24-56)53-46-43(45(50)51-31-52-46)44(49)34-9-12-39(13-10-34)62-38-7-5-4-6-8-38/h4-14,27,31-33,36,41,49H,3,15-26,28-30H2,1-2H3,(H,54,59,60)(H3,50,51,52,53). The first-order chi connectivity index (χ1) is 30.1. The van der Waals surface area contributed by atoms with Crippen LogP contribution in [0, 0.1) is 17.2 Å². The number of nitrogens with zero attached hydrogens (tertiary/aromatic N) is 6. The Morgan fingerprint density at radius 3 is 2.42 bits per heavy atom. The molecule has 14 heteroatoms. The van der Waals surface area contributed by atoms with Crippen molar-refractivity contribution >= 4 is 40.8 Å². The van der Waals surface area contributed by atoms with E-state index in [-0.39, 0.29) is 41.7 Å². The van der Waals surface area contributed by atoms with Crippen molar-refractivity contribution in [3.63, 3.8) is 0 Å². The predicted octanol–water partition coefficient (Wildman–Crippen LogP) is 6.17. The lowest BCUT2D eigenvalue weighted by molar-refractivity contribution is -0.136. The average molecular weight is 841 g/mol. The second-order valence-corrected chi connectivity index (χ2v) is 17.5. The Labute approximate surface area is 364 Å². The molecule has 0 aliphatic carbocycles. The van der Waals surface area contributed by atoms with Crippen LogP contribution in [-0.2, 0) is 16.1 Å². The van der Waals surface area contributed by atoms with E-state index in [4.69, 9.17) is 15.9 Å². The third-order valence-corrected chi connectivity index (χ3v) is 13.2. The molecule has 0 radical (unpaired) electrons. The molecule has 3 aromatic carbocycles. The van der Waals surface area contributed by atoms with Gasteiger partial charge >= 0.3 is 0 Å². The highest BCUT2D eigenvalue weighted by Crippen LogP contribution is 2.33. The Balaban J connectivity index is 0.754. The Hall–Kier alpha value is -5.86. The minimum Gasteiger partial charge on any atom is -0.457 e. The third-order valence-electron chi connectivity index (χ3n) is 13.2. The molecule has 3 amide bonds. The fraction of sp³-hybridized carbons (Fsp3) is 0.458.